The zero-order chi connectivity index (χ0) is 22.0. The number of methoxy groups -OCH3 is 1. The minimum Gasteiger partial charge on any atom is -0.382 e. The third kappa shape index (κ3) is 4.31. The number of amides is 1. The summed E-state index contributed by atoms with van der Waals surface area (Å²) in [4.78, 5) is 20.5. The number of aromatic nitrogens is 4. The van der Waals surface area contributed by atoms with Gasteiger partial charge in [-0.1, -0.05) is 0 Å². The molecule has 1 amide bonds. The fraction of sp³-hybridized carbons (Fsp3) is 0.368. The minimum atomic E-state index is -0.817. The van der Waals surface area contributed by atoms with Crippen molar-refractivity contribution >= 4 is 34.3 Å². The number of pyridine rings is 2. The van der Waals surface area contributed by atoms with Crippen LogP contribution >= 0.6 is 0 Å². The summed E-state index contributed by atoms with van der Waals surface area (Å²) in [7, 11) is 3.32. The van der Waals surface area contributed by atoms with E-state index < -0.39 is 11.7 Å². The van der Waals surface area contributed by atoms with Crippen LogP contribution in [0.25, 0.3) is 11.0 Å². The van der Waals surface area contributed by atoms with Crippen LogP contribution in [0.15, 0.2) is 18.3 Å². The summed E-state index contributed by atoms with van der Waals surface area (Å²) in [5, 5.41) is 11.1. The van der Waals surface area contributed by atoms with Crippen LogP contribution in [0.1, 0.15) is 23.0 Å². The Hall–Kier alpha value is -3.31. The molecule has 0 aliphatic rings. The van der Waals surface area contributed by atoms with Crippen molar-refractivity contribution < 1.29 is 13.9 Å². The van der Waals surface area contributed by atoms with E-state index in [0.29, 0.717) is 11.3 Å². The minimum absolute atomic E-state index is 0.0755. The molecule has 3 heterocycles. The van der Waals surface area contributed by atoms with Crippen LogP contribution < -0.4 is 22.1 Å². The molecule has 160 valence electrons. The molecule has 0 saturated heterocycles. The summed E-state index contributed by atoms with van der Waals surface area (Å²) in [5.41, 5.74) is 13.3. The number of carbonyl (C=O) groups excluding carboxylic acids is 1. The monoisotopic (exact) mass is 416 g/mol. The van der Waals surface area contributed by atoms with Gasteiger partial charge >= 0.3 is 0 Å². The first kappa shape index (κ1) is 21.4. The summed E-state index contributed by atoms with van der Waals surface area (Å²) >= 11 is 0. The SMILES string of the molecule is COC[C@@H](Nc1nc(Nc2cnc3c(c2)c(C)nn3C)c(C(N)=O)cc1F)[C@H](C)N. The molecule has 0 fully saturated rings. The number of ether oxygens (including phenoxy) is 1. The van der Waals surface area contributed by atoms with E-state index in [2.05, 4.69) is 25.7 Å². The summed E-state index contributed by atoms with van der Waals surface area (Å²) in [5.74, 6) is -1.53. The van der Waals surface area contributed by atoms with Gasteiger partial charge in [-0.15, -0.1) is 0 Å². The van der Waals surface area contributed by atoms with Gasteiger partial charge in [-0.25, -0.2) is 14.4 Å². The van der Waals surface area contributed by atoms with Crippen LogP contribution in [-0.2, 0) is 11.8 Å². The molecule has 2 atom stereocenters. The van der Waals surface area contributed by atoms with Crippen LogP contribution in [0, 0.1) is 12.7 Å². The van der Waals surface area contributed by atoms with Gasteiger partial charge in [-0.05, 0) is 26.0 Å². The number of hydrogen-bond donors (Lipinski definition) is 4. The number of aryl methyl sites for hydroxylation is 2. The van der Waals surface area contributed by atoms with Gasteiger partial charge in [0.25, 0.3) is 5.91 Å². The van der Waals surface area contributed by atoms with Gasteiger partial charge in [-0.2, -0.15) is 5.10 Å². The number of rotatable bonds is 8. The predicted octanol–water partition coefficient (Wildman–Crippen LogP) is 1.43. The normalized spacial score (nSPS) is 13.3. The van der Waals surface area contributed by atoms with Gasteiger partial charge < -0.3 is 26.8 Å². The summed E-state index contributed by atoms with van der Waals surface area (Å²) in [6.45, 7) is 3.88. The van der Waals surface area contributed by atoms with Crippen molar-refractivity contribution in [1.82, 2.24) is 19.7 Å². The smallest absolute Gasteiger partial charge is 0.252 e. The maximum absolute atomic E-state index is 14.6. The highest BCUT2D eigenvalue weighted by Crippen LogP contribution is 2.26. The van der Waals surface area contributed by atoms with E-state index in [0.717, 1.165) is 17.1 Å². The molecule has 3 aromatic rings. The Morgan fingerprint density at radius 1 is 1.37 bits per heavy atom. The Morgan fingerprint density at radius 2 is 2.10 bits per heavy atom. The highest BCUT2D eigenvalue weighted by molar-refractivity contribution is 5.98. The molecule has 30 heavy (non-hydrogen) atoms. The zero-order valence-electron chi connectivity index (χ0n) is 17.2. The van der Waals surface area contributed by atoms with Gasteiger partial charge in [0, 0.05) is 25.6 Å². The molecular formula is C19H25FN8O2. The van der Waals surface area contributed by atoms with E-state index in [1.54, 1.807) is 24.9 Å². The second-order valence-electron chi connectivity index (χ2n) is 7.07. The Kier molecular flexibility index (Phi) is 6.13. The summed E-state index contributed by atoms with van der Waals surface area (Å²) < 4.78 is 21.4. The van der Waals surface area contributed by atoms with Gasteiger partial charge in [0.1, 0.15) is 5.82 Å². The highest BCUT2D eigenvalue weighted by Gasteiger charge is 2.20. The molecule has 3 aromatic heterocycles. The van der Waals surface area contributed by atoms with Crippen LogP contribution in [0.5, 0.6) is 0 Å². The van der Waals surface area contributed by atoms with Crippen molar-refractivity contribution in [2.24, 2.45) is 18.5 Å². The number of anilines is 3. The number of halogens is 1. The van der Waals surface area contributed by atoms with Crippen LogP contribution in [-0.4, -0.2) is 51.5 Å². The van der Waals surface area contributed by atoms with E-state index in [9.17, 15) is 9.18 Å². The summed E-state index contributed by atoms with van der Waals surface area (Å²) in [6, 6.07) is 2.13. The van der Waals surface area contributed by atoms with Crippen molar-refractivity contribution in [2.45, 2.75) is 25.9 Å². The molecule has 0 saturated carbocycles. The van der Waals surface area contributed by atoms with Gasteiger partial charge in [0.15, 0.2) is 17.3 Å². The third-order valence-corrected chi connectivity index (χ3v) is 4.67. The zero-order valence-corrected chi connectivity index (χ0v) is 17.2. The predicted molar refractivity (Wildman–Crippen MR) is 112 cm³/mol. The Bertz CT molecular complexity index is 1080. The van der Waals surface area contributed by atoms with E-state index in [-0.39, 0.29) is 35.9 Å². The molecule has 11 heteroatoms. The van der Waals surface area contributed by atoms with Crippen LogP contribution in [0.2, 0.25) is 0 Å². The number of carbonyl (C=O) groups is 1. The number of nitrogens with two attached hydrogens (primary N) is 2. The molecule has 6 N–H and O–H groups in total. The number of nitrogens with zero attached hydrogens (tertiary/aromatic N) is 4. The molecule has 0 aliphatic heterocycles. The first-order valence-corrected chi connectivity index (χ1v) is 9.29. The van der Waals surface area contributed by atoms with E-state index in [1.807, 2.05) is 13.0 Å². The average molecular weight is 416 g/mol. The van der Waals surface area contributed by atoms with Crippen LogP contribution in [0.4, 0.5) is 21.7 Å². The Morgan fingerprint density at radius 3 is 2.73 bits per heavy atom. The molecule has 10 nitrogen and oxygen atoms in total. The lowest BCUT2D eigenvalue weighted by Crippen LogP contribution is -2.41. The largest absolute Gasteiger partial charge is 0.382 e. The van der Waals surface area contributed by atoms with E-state index >= 15 is 0 Å². The number of hydrogen-bond acceptors (Lipinski definition) is 8. The molecule has 0 radical (unpaired) electrons. The fourth-order valence-corrected chi connectivity index (χ4v) is 3.07. The number of fused-ring (bicyclic) bond motifs is 1. The second kappa shape index (κ2) is 8.59. The number of nitrogens with one attached hydrogen (secondary N) is 2. The third-order valence-electron chi connectivity index (χ3n) is 4.67. The molecular weight excluding hydrogens is 391 g/mol. The summed E-state index contributed by atoms with van der Waals surface area (Å²) in [6.07, 6.45) is 1.57. The van der Waals surface area contributed by atoms with Crippen molar-refractivity contribution in [1.29, 1.82) is 0 Å². The topological polar surface area (TPSA) is 146 Å². The van der Waals surface area contributed by atoms with Crippen molar-refractivity contribution in [3.63, 3.8) is 0 Å². The second-order valence-corrected chi connectivity index (χ2v) is 7.07. The lowest BCUT2D eigenvalue weighted by atomic mass is 10.1. The quantitative estimate of drug-likeness (QED) is 0.431. The Balaban J connectivity index is 2.00. The maximum Gasteiger partial charge on any atom is 0.252 e. The lowest BCUT2D eigenvalue weighted by molar-refractivity contribution is 0.100. The molecule has 0 unspecified atom stereocenters. The first-order chi connectivity index (χ1) is 14.2. The van der Waals surface area contributed by atoms with Gasteiger partial charge in [-0.3, -0.25) is 9.48 Å². The standard InChI is InChI=1S/C19H25FN8O2/c1-9(21)15(8-30-4)25-18-14(20)6-13(16(22)29)17(26-18)24-11-5-12-10(2)27-28(3)19(12)23-7-11/h5-7,9,15H,8,21H2,1-4H3,(H2,22,29)(H2,24,25,26)/t9-,15+/m0/s1. The fourth-order valence-electron chi connectivity index (χ4n) is 3.07. The molecule has 0 aliphatic carbocycles. The highest BCUT2D eigenvalue weighted by atomic mass is 19.1. The molecule has 0 spiro atoms. The van der Waals surface area contributed by atoms with Gasteiger partial charge in [0.05, 0.1) is 35.8 Å². The first-order valence-electron chi connectivity index (χ1n) is 9.29. The van der Waals surface area contributed by atoms with Crippen LogP contribution in [0.3, 0.4) is 0 Å². The average Bonchev–Trinajstić information content (AvgIpc) is 2.96. The Labute approximate surface area is 172 Å². The van der Waals surface area contributed by atoms with Crippen molar-refractivity contribution in [3.05, 3.63) is 35.4 Å². The molecule has 0 aromatic carbocycles. The van der Waals surface area contributed by atoms with Crippen molar-refractivity contribution in [3.8, 4) is 0 Å². The molecule has 0 bridgehead atoms. The van der Waals surface area contributed by atoms with Crippen molar-refractivity contribution in [2.75, 3.05) is 24.4 Å². The maximum atomic E-state index is 14.6. The lowest BCUT2D eigenvalue weighted by Gasteiger charge is -2.23. The molecule has 3 rings (SSSR count). The number of primary amides is 1. The van der Waals surface area contributed by atoms with E-state index in [1.165, 1.54) is 7.11 Å². The van der Waals surface area contributed by atoms with Gasteiger partial charge in [0.2, 0.25) is 0 Å². The van der Waals surface area contributed by atoms with E-state index in [4.69, 9.17) is 16.2 Å².